The number of methoxy groups -OCH3 is 2. The Bertz CT molecular complexity index is 1530. The molecule has 0 fully saturated rings. The molecule has 0 unspecified atom stereocenters. The molecule has 3 aromatic heterocycles. The average molecular weight is 509 g/mol. The summed E-state index contributed by atoms with van der Waals surface area (Å²) in [6.45, 7) is 1.45. The summed E-state index contributed by atoms with van der Waals surface area (Å²) in [5.74, 6) is -0.695. The van der Waals surface area contributed by atoms with E-state index in [1.165, 1.54) is 39.6 Å². The zero-order chi connectivity index (χ0) is 26.7. The van der Waals surface area contributed by atoms with Gasteiger partial charge in [-0.1, -0.05) is 6.07 Å². The normalized spacial score (nSPS) is 11.1. The first kappa shape index (κ1) is 25.1. The van der Waals surface area contributed by atoms with Crippen LogP contribution in [0.4, 0.5) is 24.8 Å². The first-order valence-corrected chi connectivity index (χ1v) is 10.6. The maximum Gasteiger partial charge on any atom is 0.435 e. The fraction of sp³-hybridized carbons (Fsp3) is 0.167. The number of alkyl halides is 3. The third-order valence-electron chi connectivity index (χ3n) is 5.16. The molecule has 0 radical (unpaired) electrons. The highest BCUT2D eigenvalue weighted by molar-refractivity contribution is 5.93. The zero-order valence-electron chi connectivity index (χ0n) is 19.7. The summed E-state index contributed by atoms with van der Waals surface area (Å²) >= 11 is 0. The summed E-state index contributed by atoms with van der Waals surface area (Å²) in [6.07, 6.45) is -1.96. The Morgan fingerprint density at radius 2 is 1.92 bits per heavy atom. The van der Waals surface area contributed by atoms with Crippen molar-refractivity contribution in [3.05, 3.63) is 71.3 Å². The molecule has 4 aromatic rings. The van der Waals surface area contributed by atoms with Crippen molar-refractivity contribution in [3.63, 3.8) is 0 Å². The number of carbonyl (C=O) groups excluding carboxylic acids is 1. The number of halogens is 3. The Morgan fingerprint density at radius 1 is 1.14 bits per heavy atom. The van der Waals surface area contributed by atoms with E-state index < -0.39 is 17.8 Å². The maximum absolute atomic E-state index is 13.4. The molecule has 10 nitrogen and oxygen atoms in total. The van der Waals surface area contributed by atoms with E-state index in [1.807, 2.05) is 6.07 Å². The van der Waals surface area contributed by atoms with Crippen LogP contribution in [0.2, 0.25) is 0 Å². The number of nitrogens with zero attached hydrogens (tertiary/aromatic N) is 6. The molecule has 4 rings (SSSR count). The molecule has 0 aliphatic rings. The number of carbonyl (C=O) groups is 1. The van der Waals surface area contributed by atoms with Gasteiger partial charge in [-0.05, 0) is 37.3 Å². The fourth-order valence-corrected chi connectivity index (χ4v) is 3.44. The number of hydrogen-bond donors (Lipinski definition) is 1. The van der Waals surface area contributed by atoms with Gasteiger partial charge in [0.2, 0.25) is 11.8 Å². The van der Waals surface area contributed by atoms with Crippen molar-refractivity contribution in [1.82, 2.24) is 24.7 Å². The number of benzene rings is 1. The van der Waals surface area contributed by atoms with Gasteiger partial charge in [-0.3, -0.25) is 0 Å². The molecule has 188 valence electrons. The second-order valence-electron chi connectivity index (χ2n) is 7.60. The molecule has 0 saturated carbocycles. The monoisotopic (exact) mass is 509 g/mol. The Balaban J connectivity index is 1.89. The molecule has 0 bridgehead atoms. The van der Waals surface area contributed by atoms with Crippen LogP contribution in [0.15, 0.2) is 48.8 Å². The fourth-order valence-electron chi connectivity index (χ4n) is 3.44. The largest absolute Gasteiger partial charge is 0.480 e. The highest BCUT2D eigenvalue weighted by Crippen LogP contribution is 2.33. The smallest absolute Gasteiger partial charge is 0.435 e. The molecule has 1 N–H and O–H groups in total. The molecule has 3 heterocycles. The van der Waals surface area contributed by atoms with Gasteiger partial charge >= 0.3 is 12.1 Å². The van der Waals surface area contributed by atoms with Crippen molar-refractivity contribution in [1.29, 1.82) is 5.26 Å². The van der Waals surface area contributed by atoms with Crippen molar-refractivity contribution in [2.75, 3.05) is 19.5 Å². The Kier molecular flexibility index (Phi) is 6.75. The first-order chi connectivity index (χ1) is 17.6. The topological polar surface area (TPSA) is 128 Å². The Morgan fingerprint density at radius 3 is 2.57 bits per heavy atom. The van der Waals surface area contributed by atoms with E-state index in [0.717, 1.165) is 10.7 Å². The quantitative estimate of drug-likeness (QED) is 0.375. The summed E-state index contributed by atoms with van der Waals surface area (Å²) in [5, 5.41) is 15.8. The molecular formula is C24H18F3N7O3. The molecule has 0 aliphatic carbocycles. The van der Waals surface area contributed by atoms with Crippen LogP contribution in [-0.4, -0.2) is 44.9 Å². The number of esters is 1. The van der Waals surface area contributed by atoms with E-state index in [9.17, 15) is 18.0 Å². The number of nitriles is 1. The van der Waals surface area contributed by atoms with Crippen LogP contribution in [0.3, 0.4) is 0 Å². The minimum Gasteiger partial charge on any atom is -0.480 e. The molecular weight excluding hydrogens is 491 g/mol. The van der Waals surface area contributed by atoms with E-state index in [-0.39, 0.29) is 34.5 Å². The highest BCUT2D eigenvalue weighted by Gasteiger charge is 2.35. The lowest BCUT2D eigenvalue weighted by Gasteiger charge is -2.14. The van der Waals surface area contributed by atoms with Crippen molar-refractivity contribution < 1.29 is 27.4 Å². The molecule has 0 amide bonds. The van der Waals surface area contributed by atoms with Crippen molar-refractivity contribution >= 4 is 17.6 Å². The molecule has 0 aliphatic heterocycles. The van der Waals surface area contributed by atoms with Crippen molar-refractivity contribution in [3.8, 4) is 28.9 Å². The third-order valence-corrected chi connectivity index (χ3v) is 5.16. The second kappa shape index (κ2) is 9.94. The first-order valence-electron chi connectivity index (χ1n) is 10.6. The van der Waals surface area contributed by atoms with Crippen LogP contribution in [0.25, 0.3) is 16.9 Å². The molecule has 37 heavy (non-hydrogen) atoms. The minimum absolute atomic E-state index is 0.00265. The molecule has 0 spiro atoms. The lowest BCUT2D eigenvalue weighted by atomic mass is 10.1. The minimum atomic E-state index is -4.68. The number of rotatable bonds is 6. The third kappa shape index (κ3) is 5.18. The summed E-state index contributed by atoms with van der Waals surface area (Å²) in [6, 6.07) is 10.8. The molecule has 0 atom stereocenters. The second-order valence-corrected chi connectivity index (χ2v) is 7.60. The van der Waals surface area contributed by atoms with Crippen LogP contribution >= 0.6 is 0 Å². The van der Waals surface area contributed by atoms with Crippen molar-refractivity contribution in [2.24, 2.45) is 0 Å². The lowest BCUT2D eigenvalue weighted by molar-refractivity contribution is -0.141. The predicted molar refractivity (Wildman–Crippen MR) is 124 cm³/mol. The number of hydrogen-bond acceptors (Lipinski definition) is 9. The van der Waals surface area contributed by atoms with Gasteiger partial charge < -0.3 is 14.8 Å². The van der Waals surface area contributed by atoms with E-state index in [1.54, 1.807) is 24.3 Å². The van der Waals surface area contributed by atoms with Gasteiger partial charge in [0.25, 0.3) is 0 Å². The van der Waals surface area contributed by atoms with Gasteiger partial charge in [0.1, 0.15) is 5.56 Å². The van der Waals surface area contributed by atoms with Crippen LogP contribution < -0.4 is 10.1 Å². The number of aryl methyl sites for hydroxylation is 1. The van der Waals surface area contributed by atoms with E-state index in [2.05, 4.69) is 25.4 Å². The van der Waals surface area contributed by atoms with Crippen LogP contribution in [0.1, 0.15) is 27.3 Å². The molecule has 13 heteroatoms. The maximum atomic E-state index is 13.4. The van der Waals surface area contributed by atoms with Crippen LogP contribution in [-0.2, 0) is 10.9 Å². The van der Waals surface area contributed by atoms with Gasteiger partial charge in [0.05, 0.1) is 25.9 Å². The summed E-state index contributed by atoms with van der Waals surface area (Å²) in [5.41, 5.74) is 0.462. The van der Waals surface area contributed by atoms with Crippen LogP contribution in [0, 0.1) is 18.3 Å². The van der Waals surface area contributed by atoms with Gasteiger partial charge in [0, 0.05) is 34.9 Å². The van der Waals surface area contributed by atoms with Crippen LogP contribution in [0.5, 0.6) is 5.88 Å². The predicted octanol–water partition coefficient (Wildman–Crippen LogP) is 4.46. The Hall–Kier alpha value is -4.99. The highest BCUT2D eigenvalue weighted by atomic mass is 19.4. The zero-order valence-corrected chi connectivity index (χ0v) is 19.7. The van der Waals surface area contributed by atoms with Gasteiger partial charge in [0.15, 0.2) is 11.5 Å². The van der Waals surface area contributed by atoms with Crippen molar-refractivity contribution in [2.45, 2.75) is 13.1 Å². The molecule has 1 aromatic carbocycles. The molecule has 0 saturated heterocycles. The van der Waals surface area contributed by atoms with Gasteiger partial charge in [-0.25, -0.2) is 19.4 Å². The number of nitrogens with one attached hydrogen (secondary N) is 1. The summed E-state index contributed by atoms with van der Waals surface area (Å²) in [7, 11) is 2.52. The number of anilines is 2. The standard InChI is InChI=1S/C24H18F3N7O3/c1-13-7-19(24(25,26)27)33-34(13)20-18(15-9-17(22(35)37-3)21(36-2)29-11-15)12-30-23(32-20)31-16-6-4-5-14(8-16)10-28/h4-9,11-12H,1-3H3,(H,30,31,32). The number of aromatic nitrogens is 5. The van der Waals surface area contributed by atoms with Gasteiger partial charge in [-0.15, -0.1) is 0 Å². The van der Waals surface area contributed by atoms with E-state index >= 15 is 0 Å². The average Bonchev–Trinajstić information content (AvgIpc) is 3.30. The SMILES string of the molecule is COC(=O)c1cc(-c2cnc(Nc3cccc(C#N)c3)nc2-n2nc(C(F)(F)F)cc2C)cnc1OC. The Labute approximate surface area is 208 Å². The van der Waals surface area contributed by atoms with E-state index in [0.29, 0.717) is 16.8 Å². The van der Waals surface area contributed by atoms with Gasteiger partial charge in [-0.2, -0.15) is 28.5 Å². The number of pyridine rings is 1. The summed E-state index contributed by atoms with van der Waals surface area (Å²) in [4.78, 5) is 25.1. The summed E-state index contributed by atoms with van der Waals surface area (Å²) < 4.78 is 51.1. The number of ether oxygens (including phenoxy) is 2. The van der Waals surface area contributed by atoms with E-state index in [4.69, 9.17) is 14.7 Å². The lowest BCUT2D eigenvalue weighted by Crippen LogP contribution is -2.11.